The molecule has 0 radical (unpaired) electrons. The SMILES string of the molecule is CC(C)(C)OC(=O)CCc1nc(-c2ccc(N)cc2)n[nH]1. The number of aromatic amines is 1. The molecule has 21 heavy (non-hydrogen) atoms. The van der Waals surface area contributed by atoms with Gasteiger partial charge in [-0.15, -0.1) is 0 Å². The number of nitrogens with two attached hydrogens (primary N) is 1. The summed E-state index contributed by atoms with van der Waals surface area (Å²) in [5.74, 6) is 1.01. The number of nitrogens with one attached hydrogen (secondary N) is 1. The maximum Gasteiger partial charge on any atom is 0.306 e. The van der Waals surface area contributed by atoms with Crippen molar-refractivity contribution in [3.05, 3.63) is 30.1 Å². The molecule has 1 heterocycles. The number of hydrogen-bond acceptors (Lipinski definition) is 5. The summed E-state index contributed by atoms with van der Waals surface area (Å²) in [6, 6.07) is 7.31. The summed E-state index contributed by atoms with van der Waals surface area (Å²) in [4.78, 5) is 16.0. The molecule has 0 aliphatic carbocycles. The van der Waals surface area contributed by atoms with Crippen LogP contribution >= 0.6 is 0 Å². The van der Waals surface area contributed by atoms with E-state index < -0.39 is 5.60 Å². The first-order valence-corrected chi connectivity index (χ1v) is 6.82. The zero-order chi connectivity index (χ0) is 15.5. The van der Waals surface area contributed by atoms with Crippen LogP contribution in [-0.2, 0) is 16.0 Å². The summed E-state index contributed by atoms with van der Waals surface area (Å²) in [6.45, 7) is 5.54. The van der Waals surface area contributed by atoms with Crippen LogP contribution < -0.4 is 5.73 Å². The summed E-state index contributed by atoms with van der Waals surface area (Å²) in [5, 5.41) is 6.98. The Kier molecular flexibility index (Phi) is 4.26. The Morgan fingerprint density at radius 3 is 2.57 bits per heavy atom. The lowest BCUT2D eigenvalue weighted by Gasteiger charge is -2.19. The maximum absolute atomic E-state index is 11.6. The van der Waals surface area contributed by atoms with Crippen LogP contribution in [0.25, 0.3) is 11.4 Å². The van der Waals surface area contributed by atoms with Crippen molar-refractivity contribution in [2.24, 2.45) is 0 Å². The Balaban J connectivity index is 1.94. The molecule has 0 atom stereocenters. The molecule has 0 saturated heterocycles. The highest BCUT2D eigenvalue weighted by Gasteiger charge is 2.16. The van der Waals surface area contributed by atoms with Gasteiger partial charge in [-0.2, -0.15) is 5.10 Å². The van der Waals surface area contributed by atoms with E-state index in [0.717, 1.165) is 5.56 Å². The van der Waals surface area contributed by atoms with E-state index in [0.29, 0.717) is 23.8 Å². The van der Waals surface area contributed by atoms with E-state index in [1.165, 1.54) is 0 Å². The molecule has 0 fully saturated rings. The van der Waals surface area contributed by atoms with Crippen molar-refractivity contribution < 1.29 is 9.53 Å². The van der Waals surface area contributed by atoms with E-state index in [-0.39, 0.29) is 12.4 Å². The number of nitrogen functional groups attached to an aromatic ring is 1. The van der Waals surface area contributed by atoms with Crippen LogP contribution in [0, 0.1) is 0 Å². The van der Waals surface area contributed by atoms with Gasteiger partial charge in [0, 0.05) is 17.7 Å². The van der Waals surface area contributed by atoms with Crippen LogP contribution in [0.3, 0.4) is 0 Å². The van der Waals surface area contributed by atoms with Crippen LogP contribution in [0.15, 0.2) is 24.3 Å². The first-order chi connectivity index (χ1) is 9.83. The topological polar surface area (TPSA) is 93.9 Å². The van der Waals surface area contributed by atoms with E-state index in [2.05, 4.69) is 15.2 Å². The first-order valence-electron chi connectivity index (χ1n) is 6.82. The van der Waals surface area contributed by atoms with E-state index in [4.69, 9.17) is 10.5 Å². The Hall–Kier alpha value is -2.37. The molecule has 0 aliphatic rings. The highest BCUT2D eigenvalue weighted by atomic mass is 16.6. The summed E-state index contributed by atoms with van der Waals surface area (Å²) in [6.07, 6.45) is 0.741. The van der Waals surface area contributed by atoms with Crippen molar-refractivity contribution in [3.8, 4) is 11.4 Å². The zero-order valence-electron chi connectivity index (χ0n) is 12.5. The second kappa shape index (κ2) is 5.95. The fraction of sp³-hybridized carbons (Fsp3) is 0.400. The van der Waals surface area contributed by atoms with Gasteiger partial charge < -0.3 is 10.5 Å². The Labute approximate surface area is 123 Å². The number of aryl methyl sites for hydroxylation is 1. The average Bonchev–Trinajstić information content (AvgIpc) is 2.84. The maximum atomic E-state index is 11.6. The average molecular weight is 288 g/mol. The van der Waals surface area contributed by atoms with E-state index in [1.54, 1.807) is 12.1 Å². The number of anilines is 1. The summed E-state index contributed by atoms with van der Waals surface area (Å²) in [7, 11) is 0. The van der Waals surface area contributed by atoms with Crippen LogP contribution in [0.2, 0.25) is 0 Å². The lowest BCUT2D eigenvalue weighted by Crippen LogP contribution is -2.24. The van der Waals surface area contributed by atoms with Crippen LogP contribution in [0.1, 0.15) is 33.0 Å². The number of carbonyl (C=O) groups excluding carboxylic acids is 1. The molecule has 6 nitrogen and oxygen atoms in total. The number of nitrogens with zero attached hydrogens (tertiary/aromatic N) is 2. The first kappa shape index (κ1) is 15.0. The number of rotatable bonds is 4. The molecule has 1 aromatic carbocycles. The number of esters is 1. The molecule has 0 spiro atoms. The Morgan fingerprint density at radius 2 is 1.95 bits per heavy atom. The largest absolute Gasteiger partial charge is 0.460 e. The van der Waals surface area contributed by atoms with Gasteiger partial charge >= 0.3 is 5.97 Å². The number of hydrogen-bond donors (Lipinski definition) is 2. The van der Waals surface area contributed by atoms with Crippen molar-refractivity contribution in [1.29, 1.82) is 0 Å². The number of H-pyrrole nitrogens is 1. The van der Waals surface area contributed by atoms with Crippen molar-refractivity contribution in [2.45, 2.75) is 39.2 Å². The minimum Gasteiger partial charge on any atom is -0.460 e. The number of aromatic nitrogens is 3. The smallest absolute Gasteiger partial charge is 0.306 e. The summed E-state index contributed by atoms with van der Waals surface area (Å²) in [5.41, 5.74) is 6.75. The van der Waals surface area contributed by atoms with Crippen LogP contribution in [0.5, 0.6) is 0 Å². The highest BCUT2D eigenvalue weighted by molar-refractivity contribution is 5.70. The Bertz CT molecular complexity index is 611. The van der Waals surface area contributed by atoms with Crippen molar-refractivity contribution in [3.63, 3.8) is 0 Å². The van der Waals surface area contributed by atoms with E-state index in [9.17, 15) is 4.79 Å². The van der Waals surface area contributed by atoms with Gasteiger partial charge in [-0.25, -0.2) is 4.98 Å². The summed E-state index contributed by atoms with van der Waals surface area (Å²) >= 11 is 0. The minimum atomic E-state index is -0.465. The number of carbonyl (C=O) groups is 1. The van der Waals surface area contributed by atoms with E-state index >= 15 is 0 Å². The molecule has 2 rings (SSSR count). The third-order valence-corrected chi connectivity index (χ3v) is 2.69. The second-order valence-corrected chi connectivity index (χ2v) is 5.81. The van der Waals surface area contributed by atoms with Crippen LogP contribution in [0.4, 0.5) is 5.69 Å². The van der Waals surface area contributed by atoms with Crippen molar-refractivity contribution in [1.82, 2.24) is 15.2 Å². The molecule has 6 heteroatoms. The van der Waals surface area contributed by atoms with Gasteiger partial charge in [0.1, 0.15) is 11.4 Å². The number of ether oxygens (including phenoxy) is 1. The van der Waals surface area contributed by atoms with Crippen LogP contribution in [-0.4, -0.2) is 26.8 Å². The predicted molar refractivity (Wildman–Crippen MR) is 80.4 cm³/mol. The minimum absolute atomic E-state index is 0.243. The molecule has 0 bridgehead atoms. The fourth-order valence-electron chi connectivity index (χ4n) is 1.78. The molecule has 0 aliphatic heterocycles. The zero-order valence-corrected chi connectivity index (χ0v) is 12.5. The number of benzene rings is 1. The van der Waals surface area contributed by atoms with Crippen molar-refractivity contribution >= 4 is 11.7 Å². The van der Waals surface area contributed by atoms with E-state index in [1.807, 2.05) is 32.9 Å². The van der Waals surface area contributed by atoms with Gasteiger partial charge in [-0.1, -0.05) is 0 Å². The third-order valence-electron chi connectivity index (χ3n) is 2.69. The molecule has 0 amide bonds. The monoisotopic (exact) mass is 288 g/mol. The lowest BCUT2D eigenvalue weighted by atomic mass is 10.2. The quantitative estimate of drug-likeness (QED) is 0.665. The summed E-state index contributed by atoms with van der Waals surface area (Å²) < 4.78 is 5.25. The third kappa shape index (κ3) is 4.59. The van der Waals surface area contributed by atoms with Crippen molar-refractivity contribution in [2.75, 3.05) is 5.73 Å². The van der Waals surface area contributed by atoms with Gasteiger partial charge in [-0.3, -0.25) is 9.89 Å². The van der Waals surface area contributed by atoms with Gasteiger partial charge in [-0.05, 0) is 45.0 Å². The van der Waals surface area contributed by atoms with Gasteiger partial charge in [0.25, 0.3) is 0 Å². The standard InChI is InChI=1S/C15H20N4O2/c1-15(2,3)21-13(20)9-8-12-17-14(19-18-12)10-4-6-11(16)7-5-10/h4-7H,8-9,16H2,1-3H3,(H,17,18,19). The highest BCUT2D eigenvalue weighted by Crippen LogP contribution is 2.17. The van der Waals surface area contributed by atoms with Gasteiger partial charge in [0.15, 0.2) is 5.82 Å². The molecule has 0 unspecified atom stereocenters. The fourth-order valence-corrected chi connectivity index (χ4v) is 1.78. The predicted octanol–water partition coefficient (Wildman–Crippen LogP) is 2.33. The molecular weight excluding hydrogens is 268 g/mol. The molecule has 1 aromatic heterocycles. The molecule has 112 valence electrons. The second-order valence-electron chi connectivity index (χ2n) is 5.81. The molecular formula is C15H20N4O2. The van der Waals surface area contributed by atoms with Gasteiger partial charge in [0.2, 0.25) is 0 Å². The normalized spacial score (nSPS) is 11.4. The molecule has 2 aromatic rings. The Morgan fingerprint density at radius 1 is 1.29 bits per heavy atom. The lowest BCUT2D eigenvalue weighted by molar-refractivity contribution is -0.154. The molecule has 3 N–H and O–H groups in total. The molecule has 0 saturated carbocycles. The van der Waals surface area contributed by atoms with Gasteiger partial charge in [0.05, 0.1) is 6.42 Å².